The van der Waals surface area contributed by atoms with E-state index in [1.54, 1.807) is 31.2 Å². The molecule has 0 amide bonds. The van der Waals surface area contributed by atoms with Gasteiger partial charge in [0.1, 0.15) is 5.58 Å². The number of aryl methyl sites for hydroxylation is 1. The fourth-order valence-electron chi connectivity index (χ4n) is 2.55. The summed E-state index contributed by atoms with van der Waals surface area (Å²) in [5.41, 5.74) is 1.64. The van der Waals surface area contributed by atoms with E-state index in [1.807, 2.05) is 31.2 Å². The van der Waals surface area contributed by atoms with Crippen molar-refractivity contribution in [1.29, 1.82) is 0 Å². The van der Waals surface area contributed by atoms with Crippen LogP contribution in [-0.2, 0) is 4.74 Å². The molecule has 0 unspecified atom stereocenters. The first-order chi connectivity index (χ1) is 11.1. The Balaban J connectivity index is 2.39. The summed E-state index contributed by atoms with van der Waals surface area (Å²) in [5.74, 6) is -0.407. The number of hydrogen-bond donors (Lipinski definition) is 0. The molecule has 0 aliphatic heterocycles. The Hall–Kier alpha value is -2.88. The molecular weight excluding hydrogens is 292 g/mol. The number of benzene rings is 2. The Morgan fingerprint density at radius 1 is 1.09 bits per heavy atom. The second-order valence-corrected chi connectivity index (χ2v) is 5.17. The van der Waals surface area contributed by atoms with Gasteiger partial charge in [0.25, 0.3) is 0 Å². The number of rotatable bonds is 3. The third-order valence-electron chi connectivity index (χ3n) is 3.67. The molecule has 0 fully saturated rings. The van der Waals surface area contributed by atoms with E-state index >= 15 is 0 Å². The van der Waals surface area contributed by atoms with Gasteiger partial charge in [0.15, 0.2) is 11.3 Å². The number of ether oxygens (including phenoxy) is 1. The minimum atomic E-state index is -0.662. The molecule has 1 heterocycles. The smallest absolute Gasteiger partial charge is 0.346 e. The van der Waals surface area contributed by atoms with Crippen LogP contribution < -0.4 is 5.43 Å². The first-order valence-electron chi connectivity index (χ1n) is 7.42. The zero-order valence-electron chi connectivity index (χ0n) is 13.0. The maximum Gasteiger partial charge on any atom is 0.346 e. The molecule has 0 atom stereocenters. The molecule has 23 heavy (non-hydrogen) atoms. The van der Waals surface area contributed by atoms with Crippen LogP contribution >= 0.6 is 0 Å². The van der Waals surface area contributed by atoms with Crippen LogP contribution in [0.3, 0.4) is 0 Å². The molecule has 0 aliphatic carbocycles. The molecule has 0 spiro atoms. The highest BCUT2D eigenvalue weighted by molar-refractivity contribution is 5.99. The van der Waals surface area contributed by atoms with Crippen molar-refractivity contribution >= 4 is 16.9 Å². The molecule has 3 rings (SSSR count). The molecule has 3 aromatic rings. The molecule has 0 bridgehead atoms. The van der Waals surface area contributed by atoms with Gasteiger partial charge in [-0.25, -0.2) is 4.79 Å². The third kappa shape index (κ3) is 2.63. The van der Waals surface area contributed by atoms with E-state index in [1.165, 1.54) is 0 Å². The van der Waals surface area contributed by atoms with E-state index < -0.39 is 5.97 Å². The minimum absolute atomic E-state index is 0.0557. The lowest BCUT2D eigenvalue weighted by atomic mass is 10.0. The Bertz CT molecular complexity index is 937. The molecule has 2 aromatic carbocycles. The fourth-order valence-corrected chi connectivity index (χ4v) is 2.55. The van der Waals surface area contributed by atoms with Gasteiger partial charge in [0.05, 0.1) is 12.0 Å². The number of fused-ring (bicyclic) bond motifs is 1. The van der Waals surface area contributed by atoms with Crippen LogP contribution in [0.25, 0.3) is 22.3 Å². The van der Waals surface area contributed by atoms with Crippen LogP contribution in [0.4, 0.5) is 0 Å². The second-order valence-electron chi connectivity index (χ2n) is 5.17. The maximum atomic E-state index is 12.8. The maximum absolute atomic E-state index is 12.8. The lowest BCUT2D eigenvalue weighted by Gasteiger charge is -2.11. The number of carbonyl (C=O) groups is 1. The van der Waals surface area contributed by atoms with Crippen molar-refractivity contribution in [2.24, 2.45) is 0 Å². The van der Waals surface area contributed by atoms with E-state index in [4.69, 9.17) is 9.15 Å². The Labute approximate surface area is 133 Å². The topological polar surface area (TPSA) is 56.5 Å². The Kier molecular flexibility index (Phi) is 3.98. The highest BCUT2D eigenvalue weighted by Gasteiger charge is 2.23. The normalized spacial score (nSPS) is 10.7. The van der Waals surface area contributed by atoms with Crippen LogP contribution in [0.2, 0.25) is 0 Å². The zero-order valence-corrected chi connectivity index (χ0v) is 13.0. The van der Waals surface area contributed by atoms with Crippen LogP contribution in [-0.4, -0.2) is 12.6 Å². The first-order valence-corrected chi connectivity index (χ1v) is 7.42. The van der Waals surface area contributed by atoms with Crippen LogP contribution in [0, 0.1) is 6.92 Å². The van der Waals surface area contributed by atoms with Crippen molar-refractivity contribution in [1.82, 2.24) is 0 Å². The SMILES string of the molecule is CCOC(=O)c1c(-c2ccccc2C)oc2ccccc2c1=O. The number of hydrogen-bond acceptors (Lipinski definition) is 4. The van der Waals surface area contributed by atoms with Gasteiger partial charge in [0, 0.05) is 5.56 Å². The standard InChI is InChI=1S/C19H16O4/c1-3-22-19(21)16-17(20)14-10-6-7-11-15(14)23-18(16)13-9-5-4-8-12(13)2/h4-11H,3H2,1-2H3. The first kappa shape index (κ1) is 15.0. The van der Waals surface area contributed by atoms with Crippen LogP contribution in [0.15, 0.2) is 57.7 Å². The quantitative estimate of drug-likeness (QED) is 0.688. The predicted octanol–water partition coefficient (Wildman–Crippen LogP) is 3.95. The number of carbonyl (C=O) groups excluding carboxylic acids is 1. The van der Waals surface area contributed by atoms with Crippen molar-refractivity contribution in [3.05, 3.63) is 69.9 Å². The molecule has 1 aromatic heterocycles. The van der Waals surface area contributed by atoms with Crippen molar-refractivity contribution in [3.8, 4) is 11.3 Å². The van der Waals surface area contributed by atoms with Crippen LogP contribution in [0.1, 0.15) is 22.8 Å². The zero-order chi connectivity index (χ0) is 16.4. The number of esters is 1. The van der Waals surface area contributed by atoms with Gasteiger partial charge in [-0.05, 0) is 31.5 Å². The van der Waals surface area contributed by atoms with E-state index in [0.717, 1.165) is 5.56 Å². The highest BCUT2D eigenvalue weighted by atomic mass is 16.5. The monoisotopic (exact) mass is 308 g/mol. The van der Waals surface area contributed by atoms with Crippen molar-refractivity contribution < 1.29 is 13.9 Å². The van der Waals surface area contributed by atoms with Gasteiger partial charge in [-0.3, -0.25) is 4.79 Å². The minimum Gasteiger partial charge on any atom is -0.462 e. The van der Waals surface area contributed by atoms with Crippen LogP contribution in [0.5, 0.6) is 0 Å². The highest BCUT2D eigenvalue weighted by Crippen LogP contribution is 2.28. The number of para-hydroxylation sites is 1. The van der Waals surface area contributed by atoms with Crippen molar-refractivity contribution in [2.75, 3.05) is 6.61 Å². The van der Waals surface area contributed by atoms with E-state index in [2.05, 4.69) is 0 Å². The fraction of sp³-hybridized carbons (Fsp3) is 0.158. The van der Waals surface area contributed by atoms with Crippen molar-refractivity contribution in [3.63, 3.8) is 0 Å². The summed E-state index contributed by atoms with van der Waals surface area (Å²) in [6, 6.07) is 14.3. The average Bonchev–Trinajstić information content (AvgIpc) is 2.55. The molecule has 116 valence electrons. The Morgan fingerprint density at radius 3 is 2.52 bits per heavy atom. The molecule has 0 aliphatic rings. The second kappa shape index (κ2) is 6.08. The third-order valence-corrected chi connectivity index (χ3v) is 3.67. The largest absolute Gasteiger partial charge is 0.462 e. The van der Waals surface area contributed by atoms with E-state index in [9.17, 15) is 9.59 Å². The van der Waals surface area contributed by atoms with Gasteiger partial charge in [-0.2, -0.15) is 0 Å². The molecule has 0 saturated carbocycles. The van der Waals surface area contributed by atoms with Gasteiger partial charge in [0.2, 0.25) is 5.43 Å². The summed E-state index contributed by atoms with van der Waals surface area (Å²) in [6.07, 6.45) is 0. The molecule has 4 nitrogen and oxygen atoms in total. The van der Waals surface area contributed by atoms with Gasteiger partial charge < -0.3 is 9.15 Å². The molecule has 0 radical (unpaired) electrons. The average molecular weight is 308 g/mol. The summed E-state index contributed by atoms with van der Waals surface area (Å²) in [5, 5.41) is 0.368. The predicted molar refractivity (Wildman–Crippen MR) is 88.6 cm³/mol. The Morgan fingerprint density at radius 2 is 1.78 bits per heavy atom. The van der Waals surface area contributed by atoms with Gasteiger partial charge >= 0.3 is 5.97 Å². The lowest BCUT2D eigenvalue weighted by Crippen LogP contribution is -2.19. The summed E-state index contributed by atoms with van der Waals surface area (Å²) in [6.45, 7) is 3.80. The summed E-state index contributed by atoms with van der Waals surface area (Å²) < 4.78 is 11.0. The van der Waals surface area contributed by atoms with E-state index in [-0.39, 0.29) is 23.4 Å². The molecule has 0 saturated heterocycles. The van der Waals surface area contributed by atoms with Crippen molar-refractivity contribution in [2.45, 2.75) is 13.8 Å². The summed E-state index contributed by atoms with van der Waals surface area (Å²) in [7, 11) is 0. The van der Waals surface area contributed by atoms with E-state index in [0.29, 0.717) is 16.5 Å². The lowest BCUT2D eigenvalue weighted by molar-refractivity contribution is 0.0524. The van der Waals surface area contributed by atoms with Gasteiger partial charge in [-0.1, -0.05) is 36.4 Å². The molecular formula is C19H16O4. The summed E-state index contributed by atoms with van der Waals surface area (Å²) in [4.78, 5) is 25.1. The molecule has 0 N–H and O–H groups in total. The van der Waals surface area contributed by atoms with Gasteiger partial charge in [-0.15, -0.1) is 0 Å². The molecule has 4 heteroatoms. The summed E-state index contributed by atoms with van der Waals surface area (Å²) >= 11 is 0.